The zero-order chi connectivity index (χ0) is 12.6. The van der Waals surface area contributed by atoms with Crippen LogP contribution in [-0.2, 0) is 9.59 Å². The molecule has 0 spiro atoms. The number of rotatable bonds is 4. The summed E-state index contributed by atoms with van der Waals surface area (Å²) in [6.07, 6.45) is 3.99. The van der Waals surface area contributed by atoms with Gasteiger partial charge in [-0.2, -0.15) is 0 Å². The molecule has 1 aliphatic heterocycles. The third-order valence-corrected chi connectivity index (χ3v) is 3.98. The summed E-state index contributed by atoms with van der Waals surface area (Å²) in [5.74, 6) is 0.0966. The van der Waals surface area contributed by atoms with Crippen LogP contribution in [-0.4, -0.2) is 35.3 Å². The molecule has 0 aromatic heterocycles. The number of hydrogen-bond donors (Lipinski definition) is 1. The van der Waals surface area contributed by atoms with Crippen molar-refractivity contribution in [3.05, 3.63) is 0 Å². The van der Waals surface area contributed by atoms with Gasteiger partial charge in [0.15, 0.2) is 0 Å². The summed E-state index contributed by atoms with van der Waals surface area (Å²) < 4.78 is 0. The van der Waals surface area contributed by atoms with E-state index in [1.54, 1.807) is 4.90 Å². The van der Waals surface area contributed by atoms with E-state index in [1.807, 2.05) is 13.8 Å². The minimum absolute atomic E-state index is 0.00713. The van der Waals surface area contributed by atoms with Gasteiger partial charge in [-0.25, -0.2) is 0 Å². The SMILES string of the molecule is CCCC1NC(=O)C(C)N(CC2(C)CC2)C1=O. The lowest BCUT2D eigenvalue weighted by Crippen LogP contribution is -2.63. The van der Waals surface area contributed by atoms with Crippen LogP contribution in [0.3, 0.4) is 0 Å². The van der Waals surface area contributed by atoms with Crippen molar-refractivity contribution in [2.45, 2.75) is 58.5 Å². The van der Waals surface area contributed by atoms with Crippen LogP contribution in [0.5, 0.6) is 0 Å². The molecule has 96 valence electrons. The standard InChI is InChI=1S/C13H22N2O2/c1-4-5-10-12(17)15(8-13(3)6-7-13)9(2)11(16)14-10/h9-10H,4-8H2,1-3H3,(H,14,16). The highest BCUT2D eigenvalue weighted by atomic mass is 16.2. The molecule has 0 aromatic rings. The molecule has 0 aromatic carbocycles. The summed E-state index contributed by atoms with van der Waals surface area (Å²) >= 11 is 0. The van der Waals surface area contributed by atoms with Crippen molar-refractivity contribution < 1.29 is 9.59 Å². The number of hydrogen-bond acceptors (Lipinski definition) is 2. The smallest absolute Gasteiger partial charge is 0.245 e. The first-order chi connectivity index (χ1) is 7.97. The van der Waals surface area contributed by atoms with E-state index in [0.29, 0.717) is 0 Å². The Balaban J connectivity index is 2.09. The van der Waals surface area contributed by atoms with Gasteiger partial charge in [-0.05, 0) is 31.6 Å². The summed E-state index contributed by atoms with van der Waals surface area (Å²) in [4.78, 5) is 25.9. The Hall–Kier alpha value is -1.06. The lowest BCUT2D eigenvalue weighted by Gasteiger charge is -2.38. The van der Waals surface area contributed by atoms with E-state index in [-0.39, 0.29) is 29.3 Å². The largest absolute Gasteiger partial charge is 0.343 e. The van der Waals surface area contributed by atoms with E-state index in [9.17, 15) is 9.59 Å². The van der Waals surface area contributed by atoms with Gasteiger partial charge >= 0.3 is 0 Å². The Morgan fingerprint density at radius 1 is 1.41 bits per heavy atom. The van der Waals surface area contributed by atoms with Crippen molar-refractivity contribution in [3.63, 3.8) is 0 Å². The summed E-state index contributed by atoms with van der Waals surface area (Å²) in [6, 6.07) is -0.612. The Bertz CT molecular complexity index is 336. The van der Waals surface area contributed by atoms with E-state index in [0.717, 1.165) is 19.4 Å². The molecule has 2 unspecified atom stereocenters. The van der Waals surface area contributed by atoms with Crippen molar-refractivity contribution in [2.75, 3.05) is 6.54 Å². The molecule has 17 heavy (non-hydrogen) atoms. The molecule has 0 bridgehead atoms. The Kier molecular flexibility index (Phi) is 3.15. The van der Waals surface area contributed by atoms with E-state index >= 15 is 0 Å². The van der Waals surface area contributed by atoms with Crippen LogP contribution in [0.1, 0.15) is 46.5 Å². The molecule has 2 rings (SSSR count). The minimum Gasteiger partial charge on any atom is -0.343 e. The second-order valence-corrected chi connectivity index (χ2v) is 5.80. The van der Waals surface area contributed by atoms with E-state index in [4.69, 9.17) is 0 Å². The number of carbonyl (C=O) groups is 2. The lowest BCUT2D eigenvalue weighted by atomic mass is 10.0. The molecular weight excluding hydrogens is 216 g/mol. The molecule has 4 nitrogen and oxygen atoms in total. The molecule has 0 radical (unpaired) electrons. The fourth-order valence-electron chi connectivity index (χ4n) is 2.37. The van der Waals surface area contributed by atoms with Gasteiger partial charge < -0.3 is 10.2 Å². The van der Waals surface area contributed by atoms with Gasteiger partial charge in [-0.1, -0.05) is 20.3 Å². The van der Waals surface area contributed by atoms with Gasteiger partial charge in [-0.15, -0.1) is 0 Å². The summed E-state index contributed by atoms with van der Waals surface area (Å²) in [5, 5.41) is 2.82. The van der Waals surface area contributed by atoms with Crippen molar-refractivity contribution in [1.82, 2.24) is 10.2 Å². The molecule has 1 heterocycles. The maximum Gasteiger partial charge on any atom is 0.245 e. The van der Waals surface area contributed by atoms with Crippen LogP contribution >= 0.6 is 0 Å². The monoisotopic (exact) mass is 238 g/mol. The molecule has 2 amide bonds. The van der Waals surface area contributed by atoms with Crippen molar-refractivity contribution in [3.8, 4) is 0 Å². The lowest BCUT2D eigenvalue weighted by molar-refractivity contribution is -0.149. The quantitative estimate of drug-likeness (QED) is 0.802. The fourth-order valence-corrected chi connectivity index (χ4v) is 2.37. The zero-order valence-corrected chi connectivity index (χ0v) is 11.0. The third kappa shape index (κ3) is 2.45. The Labute approximate surface area is 103 Å². The second kappa shape index (κ2) is 4.31. The average molecular weight is 238 g/mol. The van der Waals surface area contributed by atoms with Gasteiger partial charge in [0, 0.05) is 6.54 Å². The number of amides is 2. The summed E-state index contributed by atoms with van der Waals surface area (Å²) in [6.45, 7) is 6.78. The van der Waals surface area contributed by atoms with Crippen molar-refractivity contribution >= 4 is 11.8 Å². The molecule has 2 fully saturated rings. The van der Waals surface area contributed by atoms with Crippen LogP contribution in [0.25, 0.3) is 0 Å². The highest BCUT2D eigenvalue weighted by Gasteiger charge is 2.45. The second-order valence-electron chi connectivity index (χ2n) is 5.80. The van der Waals surface area contributed by atoms with Crippen molar-refractivity contribution in [1.29, 1.82) is 0 Å². The predicted molar refractivity (Wildman–Crippen MR) is 65.4 cm³/mol. The van der Waals surface area contributed by atoms with Crippen molar-refractivity contribution in [2.24, 2.45) is 5.41 Å². The molecule has 1 aliphatic carbocycles. The van der Waals surface area contributed by atoms with Crippen LogP contribution < -0.4 is 5.32 Å². The van der Waals surface area contributed by atoms with E-state index in [2.05, 4.69) is 12.2 Å². The number of carbonyl (C=O) groups excluding carboxylic acids is 2. The van der Waals surface area contributed by atoms with Crippen LogP contribution in [0.2, 0.25) is 0 Å². The average Bonchev–Trinajstić information content (AvgIpc) is 3.00. The van der Waals surface area contributed by atoms with Gasteiger partial charge in [0.2, 0.25) is 11.8 Å². The maximum atomic E-state index is 12.3. The van der Waals surface area contributed by atoms with Gasteiger partial charge in [0.1, 0.15) is 12.1 Å². The first kappa shape index (κ1) is 12.4. The minimum atomic E-state index is -0.312. The van der Waals surface area contributed by atoms with E-state index in [1.165, 1.54) is 12.8 Å². The van der Waals surface area contributed by atoms with Crippen LogP contribution in [0, 0.1) is 5.41 Å². The van der Waals surface area contributed by atoms with Gasteiger partial charge in [0.25, 0.3) is 0 Å². The zero-order valence-electron chi connectivity index (χ0n) is 11.0. The molecular formula is C13H22N2O2. The third-order valence-electron chi connectivity index (χ3n) is 3.98. The fraction of sp³-hybridized carbons (Fsp3) is 0.846. The normalized spacial score (nSPS) is 31.4. The van der Waals surface area contributed by atoms with Crippen LogP contribution in [0.15, 0.2) is 0 Å². The number of nitrogens with one attached hydrogen (secondary N) is 1. The highest BCUT2D eigenvalue weighted by molar-refractivity contribution is 5.96. The van der Waals surface area contributed by atoms with Gasteiger partial charge in [0.05, 0.1) is 0 Å². The summed E-state index contributed by atoms with van der Waals surface area (Å²) in [7, 11) is 0. The van der Waals surface area contributed by atoms with Gasteiger partial charge in [-0.3, -0.25) is 9.59 Å². The Morgan fingerprint density at radius 2 is 2.06 bits per heavy atom. The maximum absolute atomic E-state index is 12.3. The Morgan fingerprint density at radius 3 is 2.59 bits per heavy atom. The first-order valence-electron chi connectivity index (χ1n) is 6.58. The molecule has 4 heteroatoms. The number of piperazine rings is 1. The first-order valence-corrected chi connectivity index (χ1v) is 6.58. The van der Waals surface area contributed by atoms with Crippen LogP contribution in [0.4, 0.5) is 0 Å². The summed E-state index contributed by atoms with van der Waals surface area (Å²) in [5.41, 5.74) is 0.262. The highest BCUT2D eigenvalue weighted by Crippen LogP contribution is 2.46. The number of nitrogens with zero attached hydrogens (tertiary/aromatic N) is 1. The molecule has 1 N–H and O–H groups in total. The molecule has 1 saturated carbocycles. The molecule has 1 saturated heterocycles. The molecule has 2 aliphatic rings. The van der Waals surface area contributed by atoms with E-state index < -0.39 is 0 Å². The topological polar surface area (TPSA) is 49.4 Å². The molecule has 2 atom stereocenters. The predicted octanol–water partition coefficient (Wildman–Crippen LogP) is 1.30.